The second kappa shape index (κ2) is 6.78. The zero-order valence-corrected chi connectivity index (χ0v) is 12.5. The van der Waals surface area contributed by atoms with Crippen LogP contribution in [0.1, 0.15) is 13.3 Å². The Balaban J connectivity index is 2.12. The molecule has 1 aliphatic heterocycles. The minimum Gasteiger partial charge on any atom is -0.479 e. The van der Waals surface area contributed by atoms with Gasteiger partial charge in [-0.1, -0.05) is 11.6 Å². The summed E-state index contributed by atoms with van der Waals surface area (Å²) < 4.78 is 5.53. The lowest BCUT2D eigenvalue weighted by Crippen LogP contribution is -2.46. The Hall–Kier alpha value is -1.79. The molecule has 0 aromatic heterocycles. The number of nitrogens with one attached hydrogen (secondary N) is 1. The summed E-state index contributed by atoms with van der Waals surface area (Å²) in [5, 5.41) is 3.19. The number of fused-ring (bicyclic) bond motifs is 1. The van der Waals surface area contributed by atoms with Gasteiger partial charge in [-0.3, -0.25) is 9.59 Å². The van der Waals surface area contributed by atoms with Gasteiger partial charge in [0.1, 0.15) is 5.75 Å². The Kier molecular flexibility index (Phi) is 5.03. The Morgan fingerprint density at radius 3 is 3.00 bits per heavy atom. The van der Waals surface area contributed by atoms with Crippen molar-refractivity contribution < 1.29 is 14.3 Å². The third-order valence-corrected chi connectivity index (χ3v) is 3.39. The first kappa shape index (κ1) is 15.6. The van der Waals surface area contributed by atoms with Crippen molar-refractivity contribution in [1.82, 2.24) is 5.32 Å². The summed E-state index contributed by atoms with van der Waals surface area (Å²) in [4.78, 5) is 25.4. The Morgan fingerprint density at radius 1 is 1.52 bits per heavy atom. The Labute approximate surface area is 128 Å². The van der Waals surface area contributed by atoms with Gasteiger partial charge in [-0.05, 0) is 25.1 Å². The fourth-order valence-corrected chi connectivity index (χ4v) is 2.29. The molecule has 1 aromatic rings. The molecule has 21 heavy (non-hydrogen) atoms. The first-order chi connectivity index (χ1) is 10.0. The molecule has 1 aromatic carbocycles. The first-order valence-corrected chi connectivity index (χ1v) is 7.15. The number of hydrogen-bond donors (Lipinski definition) is 2. The maximum atomic E-state index is 12.2. The van der Waals surface area contributed by atoms with Crippen molar-refractivity contribution in [2.45, 2.75) is 19.4 Å². The smallest absolute Gasteiger partial charge is 0.267 e. The number of rotatable bonds is 5. The fourth-order valence-electron chi connectivity index (χ4n) is 2.12. The molecular weight excluding hydrogens is 294 g/mol. The van der Waals surface area contributed by atoms with Crippen LogP contribution in [0.5, 0.6) is 5.75 Å². The molecule has 1 aliphatic rings. The number of nitrogens with two attached hydrogens (primary N) is 1. The quantitative estimate of drug-likeness (QED) is 0.847. The normalized spacial score (nSPS) is 17.2. The number of benzene rings is 1. The Bertz CT molecular complexity index is 550. The number of amides is 2. The molecule has 114 valence electrons. The van der Waals surface area contributed by atoms with Crippen molar-refractivity contribution in [3.8, 4) is 5.75 Å². The van der Waals surface area contributed by atoms with E-state index >= 15 is 0 Å². The molecule has 0 fully saturated rings. The number of carbonyl (C=O) groups excluding carboxylic acids is 2. The van der Waals surface area contributed by atoms with Crippen molar-refractivity contribution >= 4 is 29.1 Å². The summed E-state index contributed by atoms with van der Waals surface area (Å²) in [6.07, 6.45) is -0.379. The van der Waals surface area contributed by atoms with E-state index in [0.717, 1.165) is 0 Å². The minimum atomic E-state index is -0.578. The maximum Gasteiger partial charge on any atom is 0.267 e. The highest BCUT2D eigenvalue weighted by Gasteiger charge is 2.31. The van der Waals surface area contributed by atoms with Crippen LogP contribution in [0.2, 0.25) is 5.02 Å². The van der Waals surface area contributed by atoms with Crippen LogP contribution in [0.3, 0.4) is 0 Å². The van der Waals surface area contributed by atoms with Gasteiger partial charge in [0, 0.05) is 31.1 Å². The SMILES string of the molecule is CC1Oc2ccc(Cl)cc2N(CCC(=O)NCCN)C1=O. The number of ether oxygens (including phenoxy) is 1. The molecule has 0 radical (unpaired) electrons. The molecule has 6 nitrogen and oxygen atoms in total. The average molecular weight is 312 g/mol. The number of carbonyl (C=O) groups is 2. The van der Waals surface area contributed by atoms with Crippen molar-refractivity contribution in [3.05, 3.63) is 23.2 Å². The van der Waals surface area contributed by atoms with Crippen LogP contribution in [0.4, 0.5) is 5.69 Å². The molecule has 3 N–H and O–H groups in total. The van der Waals surface area contributed by atoms with E-state index in [9.17, 15) is 9.59 Å². The van der Waals surface area contributed by atoms with E-state index in [1.807, 2.05) is 0 Å². The lowest BCUT2D eigenvalue weighted by atomic mass is 10.1. The molecule has 0 spiro atoms. The summed E-state index contributed by atoms with van der Waals surface area (Å²) >= 11 is 5.97. The highest BCUT2D eigenvalue weighted by atomic mass is 35.5. The third kappa shape index (κ3) is 3.65. The van der Waals surface area contributed by atoms with Crippen LogP contribution in [0, 0.1) is 0 Å². The van der Waals surface area contributed by atoms with Gasteiger partial charge in [-0.25, -0.2) is 0 Å². The van der Waals surface area contributed by atoms with E-state index in [0.29, 0.717) is 29.5 Å². The van der Waals surface area contributed by atoms with E-state index in [2.05, 4.69) is 5.32 Å². The van der Waals surface area contributed by atoms with Gasteiger partial charge in [-0.15, -0.1) is 0 Å². The van der Waals surface area contributed by atoms with Gasteiger partial charge in [0.05, 0.1) is 5.69 Å². The molecule has 0 aliphatic carbocycles. The van der Waals surface area contributed by atoms with Crippen molar-refractivity contribution in [3.63, 3.8) is 0 Å². The second-order valence-corrected chi connectivity index (χ2v) is 5.19. The molecule has 1 heterocycles. The van der Waals surface area contributed by atoms with Crippen LogP contribution < -0.4 is 20.7 Å². The lowest BCUT2D eigenvalue weighted by molar-refractivity contribution is -0.125. The summed E-state index contributed by atoms with van der Waals surface area (Å²) in [5.74, 6) is 0.265. The number of halogens is 1. The maximum absolute atomic E-state index is 12.2. The van der Waals surface area contributed by atoms with Crippen LogP contribution in [-0.2, 0) is 9.59 Å². The molecule has 1 unspecified atom stereocenters. The van der Waals surface area contributed by atoms with E-state index in [4.69, 9.17) is 22.1 Å². The van der Waals surface area contributed by atoms with E-state index in [1.54, 1.807) is 25.1 Å². The molecule has 0 saturated carbocycles. The monoisotopic (exact) mass is 311 g/mol. The van der Waals surface area contributed by atoms with Crippen molar-refractivity contribution in [2.24, 2.45) is 5.73 Å². The van der Waals surface area contributed by atoms with Gasteiger partial charge in [-0.2, -0.15) is 0 Å². The predicted octanol–water partition coefficient (Wildman–Crippen LogP) is 0.919. The standard InChI is InChI=1S/C14H18ClN3O3/c1-9-14(20)18(7-4-13(19)17-6-5-16)11-8-10(15)2-3-12(11)21-9/h2-3,8-9H,4-7,16H2,1H3,(H,17,19). The number of nitrogens with zero attached hydrogens (tertiary/aromatic N) is 1. The van der Waals surface area contributed by atoms with Crippen molar-refractivity contribution in [2.75, 3.05) is 24.5 Å². The summed E-state index contributed by atoms with van der Waals surface area (Å²) in [6.45, 7) is 2.77. The highest BCUT2D eigenvalue weighted by molar-refractivity contribution is 6.31. The van der Waals surface area contributed by atoms with Gasteiger partial charge >= 0.3 is 0 Å². The van der Waals surface area contributed by atoms with Gasteiger partial charge in [0.2, 0.25) is 5.91 Å². The van der Waals surface area contributed by atoms with Gasteiger partial charge in [0.25, 0.3) is 5.91 Å². The average Bonchev–Trinajstić information content (AvgIpc) is 2.46. The zero-order chi connectivity index (χ0) is 15.4. The van der Waals surface area contributed by atoms with E-state index < -0.39 is 6.10 Å². The van der Waals surface area contributed by atoms with E-state index in [1.165, 1.54) is 4.90 Å². The van der Waals surface area contributed by atoms with Crippen molar-refractivity contribution in [1.29, 1.82) is 0 Å². The molecule has 7 heteroatoms. The minimum absolute atomic E-state index is 0.143. The predicted molar refractivity (Wildman–Crippen MR) is 80.6 cm³/mol. The lowest BCUT2D eigenvalue weighted by Gasteiger charge is -2.33. The van der Waals surface area contributed by atoms with Crippen LogP contribution >= 0.6 is 11.6 Å². The third-order valence-electron chi connectivity index (χ3n) is 3.16. The fraction of sp³-hybridized carbons (Fsp3) is 0.429. The molecule has 2 amide bonds. The largest absolute Gasteiger partial charge is 0.479 e. The topological polar surface area (TPSA) is 84.7 Å². The van der Waals surface area contributed by atoms with Gasteiger partial charge < -0.3 is 20.7 Å². The molecule has 2 rings (SSSR count). The summed E-state index contributed by atoms with van der Waals surface area (Å²) in [7, 11) is 0. The molecule has 0 saturated heterocycles. The van der Waals surface area contributed by atoms with Crippen LogP contribution in [0.25, 0.3) is 0 Å². The molecule has 0 bridgehead atoms. The molecular formula is C14H18ClN3O3. The second-order valence-electron chi connectivity index (χ2n) is 4.75. The van der Waals surface area contributed by atoms with Crippen LogP contribution in [-0.4, -0.2) is 37.6 Å². The number of hydrogen-bond acceptors (Lipinski definition) is 4. The summed E-state index contributed by atoms with van der Waals surface area (Å²) in [5.41, 5.74) is 5.92. The van der Waals surface area contributed by atoms with E-state index in [-0.39, 0.29) is 24.8 Å². The highest BCUT2D eigenvalue weighted by Crippen LogP contribution is 2.36. The van der Waals surface area contributed by atoms with Gasteiger partial charge in [0.15, 0.2) is 6.10 Å². The first-order valence-electron chi connectivity index (χ1n) is 6.77. The molecule has 1 atom stereocenters. The number of anilines is 1. The zero-order valence-electron chi connectivity index (χ0n) is 11.8. The summed E-state index contributed by atoms with van der Waals surface area (Å²) in [6, 6.07) is 5.09. The van der Waals surface area contributed by atoms with Crippen LogP contribution in [0.15, 0.2) is 18.2 Å². The Morgan fingerprint density at radius 2 is 2.29 bits per heavy atom.